The average Bonchev–Trinajstić information content (AvgIpc) is 2.87. The highest BCUT2D eigenvalue weighted by atomic mass is 19.1. The highest BCUT2D eigenvalue weighted by Gasteiger charge is 2.48. The van der Waals surface area contributed by atoms with Crippen molar-refractivity contribution in [2.75, 3.05) is 20.7 Å². The maximum Gasteiger partial charge on any atom is 0.242 e. The molecule has 2 atom stereocenters. The fraction of sp³-hybridized carbons (Fsp3) is 0.526. The third-order valence-corrected chi connectivity index (χ3v) is 5.29. The topological polar surface area (TPSA) is 66.9 Å². The summed E-state index contributed by atoms with van der Waals surface area (Å²) in [5.74, 6) is -1.68. The van der Waals surface area contributed by atoms with Crippen molar-refractivity contribution in [2.45, 2.75) is 32.2 Å². The highest BCUT2D eigenvalue weighted by molar-refractivity contribution is 6.07. The zero-order valence-electron chi connectivity index (χ0n) is 15.0. The molecule has 0 spiro atoms. The molecule has 1 heterocycles. The molecule has 1 aliphatic heterocycles. The number of benzene rings is 1. The Morgan fingerprint density at radius 2 is 1.85 bits per heavy atom. The maximum absolute atomic E-state index is 13.8. The van der Waals surface area contributed by atoms with Gasteiger partial charge < -0.3 is 9.64 Å². The lowest BCUT2D eigenvalue weighted by molar-refractivity contribution is -0.146. The second-order valence-electron chi connectivity index (χ2n) is 6.98. The third kappa shape index (κ3) is 3.43. The zero-order valence-corrected chi connectivity index (χ0v) is 15.0. The number of ether oxygens (including phenoxy) is 1. The molecule has 140 valence electrons. The van der Waals surface area contributed by atoms with Crippen molar-refractivity contribution >= 4 is 17.7 Å². The second kappa shape index (κ2) is 7.43. The molecule has 2 fully saturated rings. The van der Waals surface area contributed by atoms with Gasteiger partial charge in [0.25, 0.3) is 0 Å². The molecule has 2 unspecified atom stereocenters. The van der Waals surface area contributed by atoms with E-state index in [4.69, 9.17) is 4.74 Å². The van der Waals surface area contributed by atoms with Crippen molar-refractivity contribution in [1.82, 2.24) is 9.80 Å². The van der Waals surface area contributed by atoms with Crippen LogP contribution in [-0.4, -0.2) is 48.2 Å². The molecule has 0 aromatic heterocycles. The summed E-state index contributed by atoms with van der Waals surface area (Å²) < 4.78 is 18.6. The van der Waals surface area contributed by atoms with E-state index in [2.05, 4.69) is 0 Å². The van der Waals surface area contributed by atoms with E-state index < -0.39 is 5.82 Å². The number of imide groups is 1. The van der Waals surface area contributed by atoms with Crippen LogP contribution in [0.2, 0.25) is 0 Å². The molecule has 0 radical (unpaired) electrons. The number of fused-ring (bicyclic) bond motifs is 1. The van der Waals surface area contributed by atoms with Crippen LogP contribution in [0.15, 0.2) is 18.2 Å². The lowest BCUT2D eigenvalue weighted by atomic mass is 9.81. The van der Waals surface area contributed by atoms with Gasteiger partial charge in [0.1, 0.15) is 6.54 Å². The number of amides is 3. The van der Waals surface area contributed by atoms with Gasteiger partial charge in [-0.2, -0.15) is 0 Å². The first kappa shape index (κ1) is 18.4. The van der Waals surface area contributed by atoms with E-state index in [0.717, 1.165) is 30.6 Å². The van der Waals surface area contributed by atoms with Gasteiger partial charge >= 0.3 is 0 Å². The molecule has 3 amide bonds. The van der Waals surface area contributed by atoms with Crippen molar-refractivity contribution in [3.63, 3.8) is 0 Å². The number of carbonyl (C=O) groups excluding carboxylic acids is 3. The number of likely N-dealkylation sites (N-methyl/N-ethyl adjacent to an activating group) is 1. The molecular formula is C19H23FN2O4. The molecule has 3 rings (SSSR count). The summed E-state index contributed by atoms with van der Waals surface area (Å²) in [5.41, 5.74) is 0.604. The van der Waals surface area contributed by atoms with Crippen LogP contribution in [0.4, 0.5) is 4.39 Å². The minimum Gasteiger partial charge on any atom is -0.494 e. The summed E-state index contributed by atoms with van der Waals surface area (Å²) in [7, 11) is 2.96. The van der Waals surface area contributed by atoms with Gasteiger partial charge in [-0.1, -0.05) is 18.9 Å². The van der Waals surface area contributed by atoms with E-state index in [-0.39, 0.29) is 48.4 Å². The molecule has 1 aromatic rings. The number of carbonyl (C=O) groups is 3. The Balaban J connectivity index is 1.63. The number of halogens is 1. The van der Waals surface area contributed by atoms with Crippen LogP contribution in [0.5, 0.6) is 5.75 Å². The average molecular weight is 362 g/mol. The first-order valence-electron chi connectivity index (χ1n) is 8.84. The monoisotopic (exact) mass is 362 g/mol. The van der Waals surface area contributed by atoms with Gasteiger partial charge in [-0.05, 0) is 30.5 Å². The van der Waals surface area contributed by atoms with Gasteiger partial charge in [0.15, 0.2) is 11.6 Å². The van der Waals surface area contributed by atoms with Crippen molar-refractivity contribution in [1.29, 1.82) is 0 Å². The Morgan fingerprint density at radius 1 is 1.23 bits per heavy atom. The van der Waals surface area contributed by atoms with E-state index >= 15 is 0 Å². The van der Waals surface area contributed by atoms with E-state index in [1.165, 1.54) is 24.1 Å². The smallest absolute Gasteiger partial charge is 0.242 e. The largest absolute Gasteiger partial charge is 0.494 e. The highest BCUT2D eigenvalue weighted by Crippen LogP contribution is 2.37. The van der Waals surface area contributed by atoms with Crippen LogP contribution in [0.3, 0.4) is 0 Å². The lowest BCUT2D eigenvalue weighted by Crippen LogP contribution is -2.41. The predicted octanol–water partition coefficient (Wildman–Crippen LogP) is 1.97. The summed E-state index contributed by atoms with van der Waals surface area (Å²) in [5, 5.41) is 0. The Kier molecular flexibility index (Phi) is 5.25. The van der Waals surface area contributed by atoms with Crippen LogP contribution in [0, 0.1) is 17.7 Å². The van der Waals surface area contributed by atoms with Crippen LogP contribution in [-0.2, 0) is 20.9 Å². The summed E-state index contributed by atoms with van der Waals surface area (Å²) in [6, 6.07) is 4.48. The quantitative estimate of drug-likeness (QED) is 0.751. The van der Waals surface area contributed by atoms with Gasteiger partial charge in [0.05, 0.1) is 18.9 Å². The summed E-state index contributed by atoms with van der Waals surface area (Å²) in [6.45, 7) is -0.0668. The van der Waals surface area contributed by atoms with Crippen LogP contribution >= 0.6 is 0 Å². The van der Waals surface area contributed by atoms with Crippen LogP contribution in [0.25, 0.3) is 0 Å². The molecule has 6 nitrogen and oxygen atoms in total. The first-order chi connectivity index (χ1) is 12.4. The van der Waals surface area contributed by atoms with Crippen molar-refractivity contribution in [3.05, 3.63) is 29.6 Å². The van der Waals surface area contributed by atoms with E-state index in [9.17, 15) is 18.8 Å². The molecule has 1 aromatic carbocycles. The maximum atomic E-state index is 13.8. The van der Waals surface area contributed by atoms with E-state index in [1.807, 2.05) is 0 Å². The van der Waals surface area contributed by atoms with Gasteiger partial charge in [-0.15, -0.1) is 0 Å². The van der Waals surface area contributed by atoms with Gasteiger partial charge in [0.2, 0.25) is 17.7 Å². The number of hydrogen-bond acceptors (Lipinski definition) is 4. The third-order valence-electron chi connectivity index (χ3n) is 5.29. The zero-order chi connectivity index (χ0) is 18.8. The van der Waals surface area contributed by atoms with Crippen LogP contribution in [0.1, 0.15) is 31.2 Å². The molecule has 7 heteroatoms. The van der Waals surface area contributed by atoms with Crippen LogP contribution < -0.4 is 4.74 Å². The van der Waals surface area contributed by atoms with Gasteiger partial charge in [0, 0.05) is 13.6 Å². The number of likely N-dealkylation sites (tertiary alicyclic amines) is 1. The number of rotatable bonds is 5. The van der Waals surface area contributed by atoms with E-state index in [1.54, 1.807) is 13.1 Å². The molecule has 1 saturated heterocycles. The number of methoxy groups -OCH3 is 1. The van der Waals surface area contributed by atoms with Crippen molar-refractivity contribution < 1.29 is 23.5 Å². The Bertz CT molecular complexity index is 712. The minimum absolute atomic E-state index is 0.138. The summed E-state index contributed by atoms with van der Waals surface area (Å²) >= 11 is 0. The fourth-order valence-electron chi connectivity index (χ4n) is 3.81. The minimum atomic E-state index is -0.500. The fourth-order valence-corrected chi connectivity index (χ4v) is 3.81. The molecule has 2 aliphatic rings. The predicted molar refractivity (Wildman–Crippen MR) is 91.6 cm³/mol. The van der Waals surface area contributed by atoms with Crippen molar-refractivity contribution in [3.8, 4) is 5.75 Å². The standard InChI is InChI=1S/C19H23FN2O4/c1-21(10-12-7-8-16(26-2)15(20)9-12)17(23)11-22-18(24)13-5-3-4-6-14(13)19(22)25/h7-9,13-14H,3-6,10-11H2,1-2H3. The first-order valence-corrected chi connectivity index (χ1v) is 8.84. The number of hydrogen-bond donors (Lipinski definition) is 0. The summed E-state index contributed by atoms with van der Waals surface area (Å²) in [6.07, 6.45) is 3.34. The molecule has 0 bridgehead atoms. The molecule has 1 aliphatic carbocycles. The molecular weight excluding hydrogens is 339 g/mol. The lowest BCUT2D eigenvalue weighted by Gasteiger charge is -2.21. The SMILES string of the molecule is COc1ccc(CN(C)C(=O)CN2C(=O)C3CCCCC3C2=O)cc1F. The van der Waals surface area contributed by atoms with E-state index in [0.29, 0.717) is 5.56 Å². The molecule has 1 saturated carbocycles. The summed E-state index contributed by atoms with van der Waals surface area (Å²) in [4.78, 5) is 39.9. The second-order valence-corrected chi connectivity index (χ2v) is 6.98. The van der Waals surface area contributed by atoms with Crippen molar-refractivity contribution in [2.24, 2.45) is 11.8 Å². The Labute approximate surface area is 151 Å². The molecule has 0 N–H and O–H groups in total. The molecule has 26 heavy (non-hydrogen) atoms. The van der Waals surface area contributed by atoms with Gasteiger partial charge in [-0.25, -0.2) is 4.39 Å². The Hall–Kier alpha value is -2.44. The van der Waals surface area contributed by atoms with Gasteiger partial charge in [-0.3, -0.25) is 19.3 Å². The number of nitrogens with zero attached hydrogens (tertiary/aromatic N) is 2. The Morgan fingerprint density at radius 3 is 2.38 bits per heavy atom. The normalized spacial score (nSPS) is 22.3.